The number of benzene rings is 1. The quantitative estimate of drug-likeness (QED) is 0.525. The van der Waals surface area contributed by atoms with Crippen LogP contribution in [0.25, 0.3) is 0 Å². The van der Waals surface area contributed by atoms with Crippen molar-refractivity contribution in [1.29, 1.82) is 0 Å². The molecule has 1 aliphatic carbocycles. The second-order valence-corrected chi connectivity index (χ2v) is 4.38. The van der Waals surface area contributed by atoms with Gasteiger partial charge in [-0.1, -0.05) is 43.9 Å². The van der Waals surface area contributed by atoms with Gasteiger partial charge in [0.2, 0.25) is 0 Å². The van der Waals surface area contributed by atoms with Gasteiger partial charge in [0.25, 0.3) is 0 Å². The third kappa shape index (κ3) is 1.92. The molecular formula is C13H14. The standard InChI is InChI=1S/C13H14/c1-13(2)10-12(13)9-8-11-6-4-3-5-7-11/h3-7,12H,10H2,1-2H3. The third-order valence-electron chi connectivity index (χ3n) is 2.68. The number of hydrogen-bond acceptors (Lipinski definition) is 0. The van der Waals surface area contributed by atoms with E-state index in [1.807, 2.05) is 18.2 Å². The lowest BCUT2D eigenvalue weighted by molar-refractivity contribution is 0.617. The fraction of sp³-hybridized carbons (Fsp3) is 0.385. The summed E-state index contributed by atoms with van der Waals surface area (Å²) in [4.78, 5) is 0. The second-order valence-electron chi connectivity index (χ2n) is 4.38. The molecule has 0 heterocycles. The summed E-state index contributed by atoms with van der Waals surface area (Å²) in [6, 6.07) is 10.2. The van der Waals surface area contributed by atoms with Crippen molar-refractivity contribution < 1.29 is 0 Å². The summed E-state index contributed by atoms with van der Waals surface area (Å²) in [7, 11) is 0. The van der Waals surface area contributed by atoms with Crippen LogP contribution in [0.4, 0.5) is 0 Å². The van der Waals surface area contributed by atoms with Gasteiger partial charge in [0.05, 0.1) is 0 Å². The van der Waals surface area contributed by atoms with Gasteiger partial charge < -0.3 is 0 Å². The maximum atomic E-state index is 3.31. The Morgan fingerprint density at radius 1 is 1.23 bits per heavy atom. The SMILES string of the molecule is CC1(C)CC1C#Cc1ccccc1. The summed E-state index contributed by atoms with van der Waals surface area (Å²) in [5, 5.41) is 0. The molecule has 0 saturated heterocycles. The first kappa shape index (κ1) is 8.38. The van der Waals surface area contributed by atoms with Crippen molar-refractivity contribution >= 4 is 0 Å². The molecule has 2 rings (SSSR count). The van der Waals surface area contributed by atoms with E-state index in [9.17, 15) is 0 Å². The van der Waals surface area contributed by atoms with Crippen molar-refractivity contribution in [3.05, 3.63) is 35.9 Å². The molecule has 0 spiro atoms. The van der Waals surface area contributed by atoms with Gasteiger partial charge >= 0.3 is 0 Å². The maximum Gasteiger partial charge on any atom is 0.0263 e. The van der Waals surface area contributed by atoms with Crippen molar-refractivity contribution in [3.8, 4) is 11.8 Å². The monoisotopic (exact) mass is 170 g/mol. The molecule has 0 radical (unpaired) electrons. The van der Waals surface area contributed by atoms with E-state index < -0.39 is 0 Å². The van der Waals surface area contributed by atoms with Gasteiger partial charge in [0.15, 0.2) is 0 Å². The van der Waals surface area contributed by atoms with Crippen LogP contribution < -0.4 is 0 Å². The molecule has 1 atom stereocenters. The smallest absolute Gasteiger partial charge is 0.0263 e. The van der Waals surface area contributed by atoms with Gasteiger partial charge in [-0.05, 0) is 24.0 Å². The van der Waals surface area contributed by atoms with Crippen LogP contribution in [0.3, 0.4) is 0 Å². The average Bonchev–Trinajstić information content (AvgIpc) is 2.73. The molecule has 0 N–H and O–H groups in total. The molecule has 1 aromatic rings. The zero-order valence-electron chi connectivity index (χ0n) is 8.17. The summed E-state index contributed by atoms with van der Waals surface area (Å²) in [5.41, 5.74) is 1.60. The van der Waals surface area contributed by atoms with Gasteiger partial charge in [-0.2, -0.15) is 0 Å². The highest BCUT2D eigenvalue weighted by Gasteiger charge is 2.44. The van der Waals surface area contributed by atoms with E-state index in [1.54, 1.807) is 0 Å². The summed E-state index contributed by atoms with van der Waals surface area (Å²) in [6.45, 7) is 4.55. The summed E-state index contributed by atoms with van der Waals surface area (Å²) in [6.07, 6.45) is 1.26. The van der Waals surface area contributed by atoms with Crippen molar-refractivity contribution in [2.24, 2.45) is 11.3 Å². The van der Waals surface area contributed by atoms with Gasteiger partial charge in [-0.15, -0.1) is 0 Å². The van der Waals surface area contributed by atoms with Crippen LogP contribution in [0.2, 0.25) is 0 Å². The average molecular weight is 170 g/mol. The minimum absolute atomic E-state index is 0.474. The molecule has 0 amide bonds. The Balaban J connectivity index is 2.07. The summed E-state index contributed by atoms with van der Waals surface area (Å²) >= 11 is 0. The van der Waals surface area contributed by atoms with Gasteiger partial charge in [0.1, 0.15) is 0 Å². The van der Waals surface area contributed by atoms with E-state index >= 15 is 0 Å². The fourth-order valence-corrected chi connectivity index (χ4v) is 1.41. The van der Waals surface area contributed by atoms with Crippen LogP contribution in [-0.4, -0.2) is 0 Å². The molecule has 66 valence electrons. The fourth-order valence-electron chi connectivity index (χ4n) is 1.41. The Kier molecular flexibility index (Phi) is 1.88. The molecule has 0 nitrogen and oxygen atoms in total. The van der Waals surface area contributed by atoms with Crippen LogP contribution >= 0.6 is 0 Å². The largest absolute Gasteiger partial charge is 0.0939 e. The molecule has 1 aliphatic rings. The zero-order valence-corrected chi connectivity index (χ0v) is 8.17. The van der Waals surface area contributed by atoms with Crippen LogP contribution in [0.15, 0.2) is 30.3 Å². The van der Waals surface area contributed by atoms with E-state index in [1.165, 1.54) is 6.42 Å². The maximum absolute atomic E-state index is 3.31. The number of rotatable bonds is 0. The molecule has 1 fully saturated rings. The van der Waals surface area contributed by atoms with E-state index in [2.05, 4.69) is 37.8 Å². The Hall–Kier alpha value is -1.22. The molecular weight excluding hydrogens is 156 g/mol. The molecule has 0 heteroatoms. The Morgan fingerprint density at radius 2 is 1.85 bits per heavy atom. The minimum Gasteiger partial charge on any atom is -0.0939 e. The lowest BCUT2D eigenvalue weighted by Crippen LogP contribution is -1.86. The number of hydrogen-bond donors (Lipinski definition) is 0. The second kappa shape index (κ2) is 2.92. The molecule has 0 aromatic heterocycles. The highest BCUT2D eigenvalue weighted by atomic mass is 14.5. The Labute approximate surface area is 80.0 Å². The van der Waals surface area contributed by atoms with Crippen LogP contribution in [0, 0.1) is 23.2 Å². The molecule has 1 aromatic carbocycles. The van der Waals surface area contributed by atoms with Crippen LogP contribution in [0.1, 0.15) is 25.8 Å². The minimum atomic E-state index is 0.474. The molecule has 0 aliphatic heterocycles. The van der Waals surface area contributed by atoms with Crippen molar-refractivity contribution in [3.63, 3.8) is 0 Å². The highest BCUT2D eigenvalue weighted by Crippen LogP contribution is 2.50. The van der Waals surface area contributed by atoms with Gasteiger partial charge in [-0.3, -0.25) is 0 Å². The lowest BCUT2D eigenvalue weighted by atomic mass is 10.1. The van der Waals surface area contributed by atoms with Crippen molar-refractivity contribution in [2.45, 2.75) is 20.3 Å². The molecule has 1 unspecified atom stereocenters. The van der Waals surface area contributed by atoms with Crippen molar-refractivity contribution in [2.75, 3.05) is 0 Å². The Morgan fingerprint density at radius 3 is 2.38 bits per heavy atom. The first-order valence-corrected chi connectivity index (χ1v) is 4.75. The summed E-state index contributed by atoms with van der Waals surface area (Å²) < 4.78 is 0. The molecule has 13 heavy (non-hydrogen) atoms. The zero-order chi connectivity index (χ0) is 9.31. The molecule has 0 bridgehead atoms. The van der Waals surface area contributed by atoms with E-state index in [0.29, 0.717) is 11.3 Å². The predicted molar refractivity (Wildman–Crippen MR) is 55.2 cm³/mol. The predicted octanol–water partition coefficient (Wildman–Crippen LogP) is 3.08. The third-order valence-corrected chi connectivity index (χ3v) is 2.68. The normalized spacial score (nSPS) is 23.1. The summed E-state index contributed by atoms with van der Waals surface area (Å²) in [5.74, 6) is 7.14. The lowest BCUT2D eigenvalue weighted by Gasteiger charge is -1.93. The topological polar surface area (TPSA) is 0 Å². The van der Waals surface area contributed by atoms with Crippen LogP contribution in [0.5, 0.6) is 0 Å². The van der Waals surface area contributed by atoms with E-state index in [0.717, 1.165) is 5.56 Å². The van der Waals surface area contributed by atoms with Crippen LogP contribution in [-0.2, 0) is 0 Å². The van der Waals surface area contributed by atoms with E-state index in [4.69, 9.17) is 0 Å². The first-order chi connectivity index (χ1) is 6.18. The van der Waals surface area contributed by atoms with E-state index in [-0.39, 0.29) is 0 Å². The van der Waals surface area contributed by atoms with Gasteiger partial charge in [0, 0.05) is 11.5 Å². The first-order valence-electron chi connectivity index (χ1n) is 4.75. The van der Waals surface area contributed by atoms with Crippen molar-refractivity contribution in [1.82, 2.24) is 0 Å². The Bertz CT molecular complexity index is 349. The molecule has 1 saturated carbocycles. The highest BCUT2D eigenvalue weighted by molar-refractivity contribution is 5.35. The van der Waals surface area contributed by atoms with Gasteiger partial charge in [-0.25, -0.2) is 0 Å².